The monoisotopic (exact) mass is 885 g/mol. The molecular formula is C47H63N7O10. The van der Waals surface area contributed by atoms with Crippen molar-refractivity contribution in [3.05, 3.63) is 113 Å². The minimum Gasteiger partial charge on any atom is -0.469 e. The van der Waals surface area contributed by atoms with Crippen LogP contribution >= 0.6 is 0 Å². The van der Waals surface area contributed by atoms with Crippen molar-refractivity contribution in [2.45, 2.75) is 71.6 Å². The molecule has 2 N–H and O–H groups in total. The Balaban J connectivity index is 1.70. The molecule has 0 aliphatic rings. The second kappa shape index (κ2) is 28.6. The fraction of sp³-hybridized carbons (Fsp3) is 0.468. The fourth-order valence-corrected chi connectivity index (χ4v) is 6.07. The lowest BCUT2D eigenvalue weighted by molar-refractivity contribution is -0.141. The molecule has 0 radical (unpaired) electrons. The van der Waals surface area contributed by atoms with Crippen LogP contribution in [0.2, 0.25) is 0 Å². The number of carbonyl (C=O) groups excluding carboxylic acids is 4. The number of methoxy groups -OCH3 is 1. The average Bonchev–Trinajstić information content (AvgIpc) is 3.26. The highest BCUT2D eigenvalue weighted by molar-refractivity contribution is 5.96. The Kier molecular flexibility index (Phi) is 23.3. The molecule has 0 spiro atoms. The Morgan fingerprint density at radius 3 is 2.23 bits per heavy atom. The van der Waals surface area contributed by atoms with E-state index >= 15 is 0 Å². The minimum absolute atomic E-state index is 0.0574. The predicted molar refractivity (Wildman–Crippen MR) is 245 cm³/mol. The zero-order valence-corrected chi connectivity index (χ0v) is 37.9. The van der Waals surface area contributed by atoms with Crippen LogP contribution in [0, 0.1) is 6.92 Å². The molecule has 2 atom stereocenters. The number of fused-ring (bicyclic) bond motifs is 1. The van der Waals surface area contributed by atoms with Crippen molar-refractivity contribution in [1.29, 1.82) is 0 Å². The minimum atomic E-state index is -1.19. The number of amides is 3. The number of rotatable bonds is 28. The number of aromatic nitrogens is 1. The van der Waals surface area contributed by atoms with Gasteiger partial charge < -0.3 is 39.1 Å². The summed E-state index contributed by atoms with van der Waals surface area (Å²) in [6.45, 7) is 15.3. The van der Waals surface area contributed by atoms with Crippen molar-refractivity contribution in [1.82, 2.24) is 15.6 Å². The summed E-state index contributed by atoms with van der Waals surface area (Å²) in [4.78, 5) is 61.7. The first-order chi connectivity index (χ1) is 30.8. The van der Waals surface area contributed by atoms with E-state index in [0.717, 1.165) is 27.5 Å². The highest BCUT2D eigenvalue weighted by Crippen LogP contribution is 2.27. The first-order valence-corrected chi connectivity index (χ1v) is 21.2. The van der Waals surface area contributed by atoms with Crippen LogP contribution in [0.1, 0.15) is 58.1 Å². The number of carbonyl (C=O) groups is 4. The molecule has 0 aliphatic heterocycles. The van der Waals surface area contributed by atoms with Crippen LogP contribution in [-0.4, -0.2) is 120 Å². The molecule has 0 unspecified atom stereocenters. The van der Waals surface area contributed by atoms with E-state index in [1.54, 1.807) is 39.1 Å². The van der Waals surface area contributed by atoms with Gasteiger partial charge in [0.1, 0.15) is 17.5 Å². The molecule has 3 amide bonds. The van der Waals surface area contributed by atoms with Crippen molar-refractivity contribution >= 4 is 46.0 Å². The highest BCUT2D eigenvalue weighted by Gasteiger charge is 2.28. The van der Waals surface area contributed by atoms with E-state index in [0.29, 0.717) is 37.8 Å². The topological polar surface area (TPSA) is 213 Å². The van der Waals surface area contributed by atoms with Crippen LogP contribution in [0.15, 0.2) is 96.3 Å². The van der Waals surface area contributed by atoms with Gasteiger partial charge in [0, 0.05) is 30.6 Å². The number of pyridine rings is 1. The molecule has 17 nitrogen and oxygen atoms in total. The maximum Gasteiger partial charge on any atom is 0.416 e. The van der Waals surface area contributed by atoms with E-state index < -0.39 is 41.6 Å². The molecule has 64 heavy (non-hydrogen) atoms. The molecule has 17 heteroatoms. The van der Waals surface area contributed by atoms with Crippen molar-refractivity contribution in [2.24, 2.45) is 5.11 Å². The van der Waals surface area contributed by atoms with Gasteiger partial charge in [0.25, 0.3) is 0 Å². The number of ether oxygens (including phenoxy) is 6. The van der Waals surface area contributed by atoms with Crippen molar-refractivity contribution < 1.29 is 47.6 Å². The number of hydrogen-bond donors (Lipinski definition) is 2. The summed E-state index contributed by atoms with van der Waals surface area (Å²) < 4.78 is 32.7. The van der Waals surface area contributed by atoms with Gasteiger partial charge in [-0.15, -0.1) is 0 Å². The van der Waals surface area contributed by atoms with E-state index in [9.17, 15) is 19.2 Å². The van der Waals surface area contributed by atoms with E-state index in [1.165, 1.54) is 12.0 Å². The van der Waals surface area contributed by atoms with Gasteiger partial charge in [0.2, 0.25) is 11.8 Å². The lowest BCUT2D eigenvalue weighted by Crippen LogP contribution is -2.52. The maximum absolute atomic E-state index is 14.0. The number of hydrogen-bond acceptors (Lipinski definition) is 12. The zero-order chi connectivity index (χ0) is 46.7. The largest absolute Gasteiger partial charge is 0.469 e. The van der Waals surface area contributed by atoms with E-state index in [2.05, 4.69) is 32.2 Å². The highest BCUT2D eigenvalue weighted by atomic mass is 16.6. The quantitative estimate of drug-likeness (QED) is 0.0186. The normalized spacial score (nSPS) is 12.6. The van der Waals surface area contributed by atoms with Crippen LogP contribution < -0.4 is 15.5 Å². The summed E-state index contributed by atoms with van der Waals surface area (Å²) in [6.07, 6.45) is 6.51. The van der Waals surface area contributed by atoms with Crippen LogP contribution in [-0.2, 0) is 42.8 Å². The van der Waals surface area contributed by atoms with Crippen molar-refractivity contribution in [2.75, 3.05) is 78.0 Å². The number of benzene rings is 2. The van der Waals surface area contributed by atoms with Gasteiger partial charge in [0.05, 0.1) is 72.4 Å². The summed E-state index contributed by atoms with van der Waals surface area (Å²) in [5.74, 6) is -1.29. The maximum atomic E-state index is 14.0. The Bertz CT molecular complexity index is 2090. The van der Waals surface area contributed by atoms with E-state index in [1.807, 2.05) is 74.5 Å². The molecule has 0 bridgehead atoms. The molecular weight excluding hydrogens is 823 g/mol. The third-order valence-electron chi connectivity index (χ3n) is 9.28. The number of nitrogens with one attached hydrogen (secondary N) is 2. The molecule has 2 aromatic carbocycles. The first kappa shape index (κ1) is 52.2. The summed E-state index contributed by atoms with van der Waals surface area (Å²) in [7, 11) is 1.26. The number of nitrogens with zero attached hydrogens (tertiary/aromatic N) is 5. The molecule has 0 saturated carbocycles. The van der Waals surface area contributed by atoms with E-state index in [-0.39, 0.29) is 58.8 Å². The smallest absolute Gasteiger partial charge is 0.416 e. The molecule has 1 aromatic heterocycles. The number of azide groups is 1. The first-order valence-electron chi connectivity index (χ1n) is 21.2. The van der Waals surface area contributed by atoms with Gasteiger partial charge in [-0.1, -0.05) is 72.4 Å². The molecule has 3 rings (SSSR count). The fourth-order valence-electron chi connectivity index (χ4n) is 6.07. The molecule has 0 fully saturated rings. The molecule has 0 aliphatic carbocycles. The summed E-state index contributed by atoms with van der Waals surface area (Å²) in [6, 6.07) is 15.6. The van der Waals surface area contributed by atoms with E-state index in [4.69, 9.17) is 34.0 Å². The SMILES string of the molecule is C=C(/C=C\C(=C/C)c1cccc2ccccc12)[C@H](CC(=O)OC)NC(=O)[C@H](COCCOCCOCCOCCN=[N+]=[N-])NC(=O)CCCN(C(=O)OC(C)(C)C)c1cc(C)ccn1. The van der Waals surface area contributed by atoms with Crippen LogP contribution in [0.4, 0.5) is 10.6 Å². The van der Waals surface area contributed by atoms with Gasteiger partial charge in [-0.2, -0.15) is 0 Å². The third kappa shape index (κ3) is 19.5. The lowest BCUT2D eigenvalue weighted by Gasteiger charge is -2.27. The number of allylic oxidation sites excluding steroid dienone is 3. The number of anilines is 1. The molecule has 346 valence electrons. The second-order valence-electron chi connectivity index (χ2n) is 15.4. The van der Waals surface area contributed by atoms with Gasteiger partial charge in [-0.25, -0.2) is 9.78 Å². The Morgan fingerprint density at radius 1 is 0.906 bits per heavy atom. The standard InChI is InChI=1S/C47H63N7O10/c1-8-36(38-16-11-14-37-13-9-10-15-39(37)38)19-18-35(3)40(32-44(56)59-7)52-45(57)41(33-63-30-29-62-28-27-61-26-25-60-24-22-50-53-48)51-43(55)17-12-23-54(46(58)64-47(4,5)6)42-31-34(2)20-21-49-42/h8-11,13-16,18-21,31,40-41H,3,12,17,22-30,32-33H2,1-2,4-7H3,(H,51,55)(H,52,57)/b19-18-,36-8+/t40-,41-/m0/s1. The predicted octanol–water partition coefficient (Wildman–Crippen LogP) is 7.19. The van der Waals surface area contributed by atoms with Crippen molar-refractivity contribution in [3.8, 4) is 0 Å². The van der Waals surface area contributed by atoms with Gasteiger partial charge >= 0.3 is 12.1 Å². The Morgan fingerprint density at radius 2 is 1.58 bits per heavy atom. The summed E-state index contributed by atoms with van der Waals surface area (Å²) in [5.41, 5.74) is 10.8. The summed E-state index contributed by atoms with van der Waals surface area (Å²) in [5, 5.41) is 11.2. The average molecular weight is 886 g/mol. The zero-order valence-electron chi connectivity index (χ0n) is 37.9. The third-order valence-corrected chi connectivity index (χ3v) is 9.28. The number of aryl methyl sites for hydroxylation is 1. The Labute approximate surface area is 375 Å². The van der Waals surface area contributed by atoms with Crippen LogP contribution in [0.25, 0.3) is 26.8 Å². The molecule has 1 heterocycles. The lowest BCUT2D eigenvalue weighted by atomic mass is 9.96. The van der Waals surface area contributed by atoms with Crippen molar-refractivity contribution in [3.63, 3.8) is 0 Å². The van der Waals surface area contributed by atoms with Gasteiger partial charge in [-0.05, 0) is 91.7 Å². The van der Waals surface area contributed by atoms with Crippen LogP contribution in [0.5, 0.6) is 0 Å². The van der Waals surface area contributed by atoms with Gasteiger partial charge in [0.15, 0.2) is 0 Å². The van der Waals surface area contributed by atoms with Gasteiger partial charge in [-0.3, -0.25) is 19.3 Å². The molecule has 3 aromatic rings. The molecule has 0 saturated heterocycles. The summed E-state index contributed by atoms with van der Waals surface area (Å²) >= 11 is 0. The Hall–Kier alpha value is -6.10. The second-order valence-corrected chi connectivity index (χ2v) is 15.4. The van der Waals surface area contributed by atoms with Crippen LogP contribution in [0.3, 0.4) is 0 Å². The number of esters is 1.